The Labute approximate surface area is 111 Å². The molecule has 18 heavy (non-hydrogen) atoms. The van der Waals surface area contributed by atoms with Gasteiger partial charge in [-0.05, 0) is 37.6 Å². The molecule has 2 aliphatic rings. The fourth-order valence-electron chi connectivity index (χ4n) is 3.88. The molecular weight excluding hydrogens is 226 g/mol. The third-order valence-electron chi connectivity index (χ3n) is 4.79. The zero-order valence-corrected chi connectivity index (χ0v) is 11.6. The molecule has 1 aliphatic heterocycles. The average Bonchev–Trinajstić information content (AvgIpc) is 2.87. The van der Waals surface area contributed by atoms with E-state index >= 15 is 0 Å². The highest BCUT2D eigenvalue weighted by molar-refractivity contribution is 5.74. The first-order valence-corrected chi connectivity index (χ1v) is 7.71. The van der Waals surface area contributed by atoms with Gasteiger partial charge in [-0.25, -0.2) is 0 Å². The first kappa shape index (κ1) is 13.9. The lowest BCUT2D eigenvalue weighted by molar-refractivity contribution is -0.143. The summed E-state index contributed by atoms with van der Waals surface area (Å²) in [6, 6.07) is -0.177. The summed E-state index contributed by atoms with van der Waals surface area (Å²) >= 11 is 0. The highest BCUT2D eigenvalue weighted by atomic mass is 16.4. The van der Waals surface area contributed by atoms with Gasteiger partial charge in [0.2, 0.25) is 0 Å². The normalized spacial score (nSPS) is 31.7. The third-order valence-corrected chi connectivity index (χ3v) is 4.79. The Balaban J connectivity index is 1.78. The highest BCUT2D eigenvalue weighted by Gasteiger charge is 2.47. The van der Waals surface area contributed by atoms with Gasteiger partial charge >= 0.3 is 5.97 Å². The highest BCUT2D eigenvalue weighted by Crippen LogP contribution is 2.42. The van der Waals surface area contributed by atoms with Crippen LogP contribution in [0.2, 0.25) is 0 Å². The number of hydrogen-bond donors (Lipinski definition) is 1. The minimum Gasteiger partial charge on any atom is -0.480 e. The van der Waals surface area contributed by atoms with E-state index in [2.05, 4.69) is 11.8 Å². The summed E-state index contributed by atoms with van der Waals surface area (Å²) in [5, 5.41) is 9.43. The summed E-state index contributed by atoms with van der Waals surface area (Å²) in [4.78, 5) is 13.7. The number of carboxylic acid groups (broad SMARTS) is 1. The molecular formula is C15H27NO2. The van der Waals surface area contributed by atoms with Gasteiger partial charge in [0.1, 0.15) is 6.04 Å². The second kappa shape index (κ2) is 6.55. The topological polar surface area (TPSA) is 40.5 Å². The predicted molar refractivity (Wildman–Crippen MR) is 72.6 cm³/mol. The van der Waals surface area contributed by atoms with Crippen molar-refractivity contribution in [2.45, 2.75) is 64.3 Å². The maximum Gasteiger partial charge on any atom is 0.321 e. The molecule has 3 unspecified atom stereocenters. The molecule has 3 nitrogen and oxygen atoms in total. The quantitative estimate of drug-likeness (QED) is 0.709. The standard InChI is InChI=1S/C15H27NO2/c1-2-3-4-5-6-10-16-11-12-8-7-9-13(12)14(16)15(17)18/h12-14H,2-11H2,1H3,(H,17,18). The molecule has 1 saturated heterocycles. The van der Waals surface area contributed by atoms with Gasteiger partial charge in [-0.2, -0.15) is 0 Å². The van der Waals surface area contributed by atoms with E-state index in [1.165, 1.54) is 44.9 Å². The van der Waals surface area contributed by atoms with Gasteiger partial charge in [-0.3, -0.25) is 9.69 Å². The van der Waals surface area contributed by atoms with Crippen LogP contribution in [0.25, 0.3) is 0 Å². The third kappa shape index (κ3) is 3.05. The number of aliphatic carboxylic acids is 1. The molecule has 2 fully saturated rings. The van der Waals surface area contributed by atoms with Crippen molar-refractivity contribution < 1.29 is 9.90 Å². The Morgan fingerprint density at radius 2 is 2.00 bits per heavy atom. The van der Waals surface area contributed by atoms with Crippen LogP contribution in [0.4, 0.5) is 0 Å². The lowest BCUT2D eigenvalue weighted by Crippen LogP contribution is -2.40. The van der Waals surface area contributed by atoms with Crippen LogP contribution in [0.1, 0.15) is 58.3 Å². The summed E-state index contributed by atoms with van der Waals surface area (Å²) in [5.41, 5.74) is 0. The monoisotopic (exact) mass is 253 g/mol. The van der Waals surface area contributed by atoms with Crippen molar-refractivity contribution in [3.63, 3.8) is 0 Å². The van der Waals surface area contributed by atoms with E-state index in [4.69, 9.17) is 0 Å². The van der Waals surface area contributed by atoms with Crippen LogP contribution in [0, 0.1) is 11.8 Å². The fourth-order valence-corrected chi connectivity index (χ4v) is 3.88. The van der Waals surface area contributed by atoms with Crippen molar-refractivity contribution in [1.29, 1.82) is 0 Å². The number of fused-ring (bicyclic) bond motifs is 1. The van der Waals surface area contributed by atoms with E-state index in [1.807, 2.05) is 0 Å². The molecule has 0 aromatic heterocycles. The van der Waals surface area contributed by atoms with E-state index in [1.54, 1.807) is 0 Å². The first-order chi connectivity index (χ1) is 8.74. The summed E-state index contributed by atoms with van der Waals surface area (Å²) in [6.07, 6.45) is 9.93. The van der Waals surface area contributed by atoms with Crippen LogP contribution < -0.4 is 0 Å². The number of likely N-dealkylation sites (tertiary alicyclic amines) is 1. The molecule has 2 rings (SSSR count). The largest absolute Gasteiger partial charge is 0.480 e. The smallest absolute Gasteiger partial charge is 0.321 e. The average molecular weight is 253 g/mol. The van der Waals surface area contributed by atoms with Crippen molar-refractivity contribution in [3.8, 4) is 0 Å². The van der Waals surface area contributed by atoms with Gasteiger partial charge in [0.25, 0.3) is 0 Å². The van der Waals surface area contributed by atoms with Crippen LogP contribution >= 0.6 is 0 Å². The Morgan fingerprint density at radius 3 is 2.72 bits per heavy atom. The Morgan fingerprint density at radius 1 is 1.22 bits per heavy atom. The molecule has 1 heterocycles. The first-order valence-electron chi connectivity index (χ1n) is 7.71. The number of carbonyl (C=O) groups is 1. The van der Waals surface area contributed by atoms with Crippen molar-refractivity contribution >= 4 is 5.97 Å². The van der Waals surface area contributed by atoms with Crippen molar-refractivity contribution in [1.82, 2.24) is 4.90 Å². The molecule has 3 atom stereocenters. The van der Waals surface area contributed by atoms with Gasteiger partial charge in [-0.15, -0.1) is 0 Å². The minimum atomic E-state index is -0.585. The van der Waals surface area contributed by atoms with Crippen molar-refractivity contribution in [2.75, 3.05) is 13.1 Å². The second-order valence-electron chi connectivity index (χ2n) is 6.05. The van der Waals surface area contributed by atoms with Crippen molar-refractivity contribution in [3.05, 3.63) is 0 Å². The van der Waals surface area contributed by atoms with E-state index in [-0.39, 0.29) is 6.04 Å². The van der Waals surface area contributed by atoms with Gasteiger partial charge in [0.15, 0.2) is 0 Å². The molecule has 0 bridgehead atoms. The Hall–Kier alpha value is -0.570. The Bertz CT molecular complexity index is 280. The predicted octanol–water partition coefficient (Wildman–Crippen LogP) is 3.14. The molecule has 0 amide bonds. The Kier molecular flexibility index (Phi) is 5.04. The molecule has 1 N–H and O–H groups in total. The number of carboxylic acids is 1. The van der Waals surface area contributed by atoms with E-state index in [9.17, 15) is 9.90 Å². The molecule has 0 aromatic rings. The van der Waals surface area contributed by atoms with Gasteiger partial charge in [0, 0.05) is 6.54 Å². The molecule has 0 spiro atoms. The second-order valence-corrected chi connectivity index (χ2v) is 6.05. The fraction of sp³-hybridized carbons (Fsp3) is 0.933. The lowest BCUT2D eigenvalue weighted by atomic mass is 9.94. The van der Waals surface area contributed by atoms with Gasteiger partial charge in [-0.1, -0.05) is 39.0 Å². The molecule has 104 valence electrons. The summed E-state index contributed by atoms with van der Waals surface area (Å²) in [7, 11) is 0. The molecule has 0 aromatic carbocycles. The maximum absolute atomic E-state index is 11.4. The minimum absolute atomic E-state index is 0.177. The SMILES string of the molecule is CCCCCCCN1CC2CCCC2C1C(=O)O. The van der Waals surface area contributed by atoms with E-state index in [0.717, 1.165) is 19.5 Å². The lowest BCUT2D eigenvalue weighted by Gasteiger charge is -2.24. The summed E-state index contributed by atoms with van der Waals surface area (Å²) in [6.45, 7) is 4.26. The molecule has 3 heteroatoms. The van der Waals surface area contributed by atoms with Crippen LogP contribution in [-0.4, -0.2) is 35.1 Å². The van der Waals surface area contributed by atoms with E-state index in [0.29, 0.717) is 11.8 Å². The van der Waals surface area contributed by atoms with Crippen molar-refractivity contribution in [2.24, 2.45) is 11.8 Å². The zero-order chi connectivity index (χ0) is 13.0. The summed E-state index contributed by atoms with van der Waals surface area (Å²) < 4.78 is 0. The number of hydrogen-bond acceptors (Lipinski definition) is 2. The molecule has 0 radical (unpaired) electrons. The number of rotatable bonds is 7. The van der Waals surface area contributed by atoms with Crippen LogP contribution in [-0.2, 0) is 4.79 Å². The van der Waals surface area contributed by atoms with Crippen LogP contribution in [0.3, 0.4) is 0 Å². The summed E-state index contributed by atoms with van der Waals surface area (Å²) in [5.74, 6) is 0.526. The molecule has 1 saturated carbocycles. The number of nitrogens with zero attached hydrogens (tertiary/aromatic N) is 1. The maximum atomic E-state index is 11.4. The number of unbranched alkanes of at least 4 members (excludes halogenated alkanes) is 4. The van der Waals surface area contributed by atoms with Crippen LogP contribution in [0.15, 0.2) is 0 Å². The van der Waals surface area contributed by atoms with Crippen LogP contribution in [0.5, 0.6) is 0 Å². The van der Waals surface area contributed by atoms with Gasteiger partial charge < -0.3 is 5.11 Å². The van der Waals surface area contributed by atoms with Gasteiger partial charge in [0.05, 0.1) is 0 Å². The molecule has 1 aliphatic carbocycles. The zero-order valence-electron chi connectivity index (χ0n) is 11.6. The van der Waals surface area contributed by atoms with E-state index < -0.39 is 5.97 Å².